The zero-order valence-electron chi connectivity index (χ0n) is 20.3. The number of hydrogen-bond acceptors (Lipinski definition) is 7. The highest BCUT2D eigenvalue weighted by Gasteiger charge is 2.24. The van der Waals surface area contributed by atoms with E-state index in [2.05, 4.69) is 41.4 Å². The third-order valence-corrected chi connectivity index (χ3v) is 7.22. The number of sulfone groups is 1. The molecule has 0 aliphatic rings. The second-order valence-corrected chi connectivity index (χ2v) is 11.5. The van der Waals surface area contributed by atoms with Crippen molar-refractivity contribution in [3.63, 3.8) is 0 Å². The first-order valence-electron chi connectivity index (χ1n) is 11.2. The molecule has 0 saturated heterocycles. The van der Waals surface area contributed by atoms with E-state index in [1.54, 1.807) is 29.6 Å². The third-order valence-electron chi connectivity index (χ3n) is 5.40. The number of aromatic nitrogens is 4. The molecule has 3 aromatic rings. The van der Waals surface area contributed by atoms with Crippen LogP contribution in [-0.2, 0) is 26.5 Å². The van der Waals surface area contributed by atoms with E-state index in [0.717, 1.165) is 11.3 Å². The Kier molecular flexibility index (Phi) is 7.67. The van der Waals surface area contributed by atoms with Crippen LogP contribution in [0.4, 0.5) is 0 Å². The highest BCUT2D eigenvalue weighted by Crippen LogP contribution is 2.28. The zero-order chi connectivity index (χ0) is 25.1. The Morgan fingerprint density at radius 3 is 2.68 bits per heavy atom. The van der Waals surface area contributed by atoms with Gasteiger partial charge in [0.2, 0.25) is 0 Å². The molecule has 1 aromatic carbocycles. The maximum absolute atomic E-state index is 13.2. The molecule has 3 N–H and O–H groups in total. The first kappa shape index (κ1) is 25.7. The Labute approximate surface area is 199 Å². The molecular weight excluding hydrogens is 458 g/mol. The van der Waals surface area contributed by atoms with Crippen LogP contribution in [0.15, 0.2) is 29.2 Å². The molecule has 3 rings (SSSR count). The van der Waals surface area contributed by atoms with Gasteiger partial charge in [-0.2, -0.15) is 0 Å². The Morgan fingerprint density at radius 1 is 1.26 bits per heavy atom. The van der Waals surface area contributed by atoms with E-state index in [4.69, 9.17) is 9.84 Å². The number of amides is 1. The van der Waals surface area contributed by atoms with Gasteiger partial charge < -0.3 is 15.2 Å². The van der Waals surface area contributed by atoms with E-state index in [1.807, 2.05) is 6.07 Å². The molecule has 2 aromatic heterocycles. The Morgan fingerprint density at radius 2 is 2.00 bits per heavy atom. The lowest BCUT2D eigenvalue weighted by atomic mass is 9.93. The minimum Gasteiger partial charge on any atom is -0.480 e. The molecule has 1 atom stereocenters. The molecule has 0 saturated carbocycles. The topological polar surface area (TPSA) is 139 Å². The maximum Gasteiger partial charge on any atom is 0.260 e. The van der Waals surface area contributed by atoms with Crippen molar-refractivity contribution in [3.05, 3.63) is 41.3 Å². The van der Waals surface area contributed by atoms with Crippen LogP contribution in [0.2, 0.25) is 0 Å². The van der Waals surface area contributed by atoms with Crippen LogP contribution in [0.25, 0.3) is 5.65 Å². The number of aromatic amines is 1. The number of nitrogens with zero attached hydrogens (tertiary/aromatic N) is 3. The van der Waals surface area contributed by atoms with Gasteiger partial charge in [0.05, 0.1) is 12.4 Å². The summed E-state index contributed by atoms with van der Waals surface area (Å²) in [5.74, 6) is 0.242. The number of nitrogens with one attached hydrogen (secondary N) is 2. The second kappa shape index (κ2) is 10.1. The summed E-state index contributed by atoms with van der Waals surface area (Å²) >= 11 is 0. The number of H-pyrrole nitrogens is 1. The van der Waals surface area contributed by atoms with Gasteiger partial charge in [0.25, 0.3) is 5.91 Å². The molecule has 0 radical (unpaired) electrons. The van der Waals surface area contributed by atoms with E-state index >= 15 is 0 Å². The number of carbonyl (C=O) groups excluding carboxylic acids is 1. The molecule has 0 bridgehead atoms. The largest absolute Gasteiger partial charge is 0.480 e. The van der Waals surface area contributed by atoms with Crippen LogP contribution < -0.4 is 10.1 Å². The monoisotopic (exact) mass is 491 g/mol. The summed E-state index contributed by atoms with van der Waals surface area (Å²) < 4.78 is 33.9. The Hall–Kier alpha value is -2.92. The summed E-state index contributed by atoms with van der Waals surface area (Å²) in [4.78, 5) is 12.1. The summed E-state index contributed by atoms with van der Waals surface area (Å²) in [5, 5.41) is 23.0. The average molecular weight is 492 g/mol. The molecule has 1 amide bonds. The number of aryl methyl sites for hydroxylation is 2. The van der Waals surface area contributed by atoms with Gasteiger partial charge in [-0.1, -0.05) is 26.8 Å². The molecule has 0 aliphatic carbocycles. The van der Waals surface area contributed by atoms with Gasteiger partial charge in [-0.25, -0.2) is 12.9 Å². The quantitative estimate of drug-likeness (QED) is 0.394. The van der Waals surface area contributed by atoms with Crippen molar-refractivity contribution in [2.45, 2.75) is 63.9 Å². The van der Waals surface area contributed by atoms with Gasteiger partial charge in [0, 0.05) is 30.1 Å². The summed E-state index contributed by atoms with van der Waals surface area (Å²) in [6.07, 6.45) is -0.156. The predicted molar refractivity (Wildman–Crippen MR) is 128 cm³/mol. The first-order valence-corrected chi connectivity index (χ1v) is 12.9. The first-order chi connectivity index (χ1) is 15.9. The molecule has 1 unspecified atom stereocenters. The lowest BCUT2D eigenvalue weighted by Crippen LogP contribution is -2.37. The van der Waals surface area contributed by atoms with Gasteiger partial charge >= 0.3 is 0 Å². The fourth-order valence-corrected chi connectivity index (χ4v) is 4.96. The van der Waals surface area contributed by atoms with Crippen molar-refractivity contribution in [2.75, 3.05) is 18.9 Å². The number of aliphatic hydroxyl groups excluding tert-OH is 1. The Balaban J connectivity index is 1.73. The van der Waals surface area contributed by atoms with Crippen molar-refractivity contribution in [3.8, 4) is 5.75 Å². The fourth-order valence-electron chi connectivity index (χ4n) is 3.43. The number of fused-ring (bicyclic) bond motifs is 1. The van der Waals surface area contributed by atoms with Gasteiger partial charge in [-0.15, -0.1) is 10.2 Å². The number of aliphatic hydroxyl groups is 1. The Bertz CT molecular complexity index is 1260. The summed E-state index contributed by atoms with van der Waals surface area (Å²) in [6.45, 7) is 9.51. The normalized spacial score (nSPS) is 13.2. The van der Waals surface area contributed by atoms with Crippen molar-refractivity contribution < 1.29 is 23.1 Å². The summed E-state index contributed by atoms with van der Waals surface area (Å²) in [5.41, 5.74) is 2.41. The van der Waals surface area contributed by atoms with Crippen molar-refractivity contribution in [1.29, 1.82) is 0 Å². The van der Waals surface area contributed by atoms with Crippen molar-refractivity contribution >= 4 is 21.4 Å². The molecule has 0 aliphatic heterocycles. The van der Waals surface area contributed by atoms with Gasteiger partial charge in [0.1, 0.15) is 10.6 Å². The second-order valence-electron chi connectivity index (χ2n) is 9.38. The minimum atomic E-state index is -3.69. The van der Waals surface area contributed by atoms with Crippen molar-refractivity contribution in [1.82, 2.24) is 25.1 Å². The molecule has 0 spiro atoms. The number of carbonyl (C=O) groups is 1. The molecule has 0 fully saturated rings. The predicted octanol–water partition coefficient (Wildman–Crippen LogP) is 1.95. The van der Waals surface area contributed by atoms with E-state index in [9.17, 15) is 13.2 Å². The SMILES string of the molecule is Cc1ccc(OC(C)C(=O)NCCO)c(S(=O)(=O)CCCc2nnc3cc(C(C)(C)C)[nH]n23)c1. The third kappa shape index (κ3) is 5.95. The highest BCUT2D eigenvalue weighted by molar-refractivity contribution is 7.91. The van der Waals surface area contributed by atoms with Crippen molar-refractivity contribution in [2.24, 2.45) is 0 Å². The molecule has 34 heavy (non-hydrogen) atoms. The summed E-state index contributed by atoms with van der Waals surface area (Å²) in [6, 6.07) is 6.80. The van der Waals surface area contributed by atoms with Crippen LogP contribution in [-0.4, -0.2) is 64.3 Å². The van der Waals surface area contributed by atoms with Crippen LogP contribution in [0, 0.1) is 6.92 Å². The van der Waals surface area contributed by atoms with Gasteiger partial charge in [-0.3, -0.25) is 9.89 Å². The molecule has 10 nitrogen and oxygen atoms in total. The van der Waals surface area contributed by atoms with E-state index < -0.39 is 21.8 Å². The van der Waals surface area contributed by atoms with Crippen LogP contribution in [0.3, 0.4) is 0 Å². The zero-order valence-corrected chi connectivity index (χ0v) is 21.1. The average Bonchev–Trinajstić information content (AvgIpc) is 3.35. The number of benzene rings is 1. The maximum atomic E-state index is 13.2. The smallest absolute Gasteiger partial charge is 0.260 e. The minimum absolute atomic E-state index is 0.0515. The van der Waals surface area contributed by atoms with Crippen LogP contribution in [0.1, 0.15) is 51.2 Å². The number of ether oxygens (including phenoxy) is 1. The fraction of sp³-hybridized carbons (Fsp3) is 0.522. The molecule has 11 heteroatoms. The van der Waals surface area contributed by atoms with Crippen LogP contribution >= 0.6 is 0 Å². The number of hydrogen-bond donors (Lipinski definition) is 3. The molecule has 186 valence electrons. The van der Waals surface area contributed by atoms with E-state index in [-0.39, 0.29) is 35.0 Å². The lowest BCUT2D eigenvalue weighted by Gasteiger charge is -2.17. The molecule has 2 heterocycles. The van der Waals surface area contributed by atoms with Gasteiger partial charge in [0.15, 0.2) is 27.4 Å². The van der Waals surface area contributed by atoms with E-state index in [1.165, 1.54) is 6.92 Å². The molecular formula is C23H33N5O5S. The lowest BCUT2D eigenvalue weighted by molar-refractivity contribution is -0.127. The highest BCUT2D eigenvalue weighted by atomic mass is 32.2. The number of rotatable bonds is 10. The van der Waals surface area contributed by atoms with Gasteiger partial charge in [-0.05, 0) is 38.0 Å². The standard InChI is InChI=1S/C23H33N5O5S/c1-15-8-9-17(33-16(2)22(30)24-10-11-29)18(13-15)34(31,32)12-6-7-20-25-26-21-14-19(23(3,4)5)27-28(20)21/h8-9,13-14,16,27,29H,6-7,10-12H2,1-5H3,(H,24,30). The van der Waals surface area contributed by atoms with Crippen LogP contribution in [0.5, 0.6) is 5.75 Å². The van der Waals surface area contributed by atoms with E-state index in [0.29, 0.717) is 24.3 Å². The summed E-state index contributed by atoms with van der Waals surface area (Å²) in [7, 11) is -3.69.